The molecule has 4 unspecified atom stereocenters. The molecule has 3 saturated heterocycles. The van der Waals surface area contributed by atoms with E-state index in [9.17, 15) is 8.42 Å². The molecule has 4 atom stereocenters. The van der Waals surface area contributed by atoms with Crippen LogP contribution in [0.2, 0.25) is 0 Å². The zero-order chi connectivity index (χ0) is 22.5. The molecule has 170 valence electrons. The summed E-state index contributed by atoms with van der Waals surface area (Å²) in [5, 5.41) is 1.49. The Labute approximate surface area is 190 Å². The molecule has 3 N–H and O–H groups in total. The quantitative estimate of drug-likeness (QED) is 0.459. The standard InChI is InChI=1S/C19H25N2.C7H8O3S/c1-2-13-12-21-9-7-14(13)11-18(21)19-16(8-10-21)15-5-3-4-6-17(15)20-19;1-6-2-4-7(5-3-6)11(8,9)10/h3-6,13-14,18,20H,2,7-12H2,1H3;2-5H,1H3,(H,8,9,10)/q+1;/p+1. The number of piperidine rings is 3. The third-order valence-electron chi connectivity index (χ3n) is 8.24. The number of fused-ring (bicyclic) bond motifs is 5. The van der Waals surface area contributed by atoms with Gasteiger partial charge in [-0.15, -0.1) is 8.42 Å². The first-order valence-corrected chi connectivity index (χ1v) is 13.3. The third kappa shape index (κ3) is 3.68. The molecule has 1 aromatic heterocycles. The Morgan fingerprint density at radius 3 is 2.56 bits per heavy atom. The van der Waals surface area contributed by atoms with Crippen molar-refractivity contribution in [1.29, 1.82) is 0 Å². The van der Waals surface area contributed by atoms with Gasteiger partial charge >= 0.3 is 10.1 Å². The Hall–Kier alpha value is -2.15. The molecule has 0 amide bonds. The van der Waals surface area contributed by atoms with E-state index in [1.54, 1.807) is 23.4 Å². The van der Waals surface area contributed by atoms with Crippen molar-refractivity contribution in [1.82, 2.24) is 4.98 Å². The summed E-state index contributed by atoms with van der Waals surface area (Å²) in [6.45, 7) is 8.52. The molecule has 6 heteroatoms. The lowest BCUT2D eigenvalue weighted by atomic mass is 9.70. The predicted molar refractivity (Wildman–Crippen MR) is 128 cm³/mol. The maximum Gasteiger partial charge on any atom is 0.409 e. The Morgan fingerprint density at radius 1 is 1.09 bits per heavy atom. The van der Waals surface area contributed by atoms with Crippen molar-refractivity contribution < 1.29 is 17.5 Å². The molecule has 7 rings (SSSR count). The summed E-state index contributed by atoms with van der Waals surface area (Å²) >= 11 is 0. The second-order valence-corrected chi connectivity index (χ2v) is 11.4. The highest BCUT2D eigenvalue weighted by Crippen LogP contribution is 2.53. The lowest BCUT2D eigenvalue weighted by molar-refractivity contribution is -0.978. The van der Waals surface area contributed by atoms with Crippen LogP contribution in [0.5, 0.6) is 0 Å². The fourth-order valence-corrected chi connectivity index (χ4v) is 7.00. The Morgan fingerprint density at radius 2 is 1.84 bits per heavy atom. The fraction of sp³-hybridized carbons (Fsp3) is 0.462. The van der Waals surface area contributed by atoms with Crippen molar-refractivity contribution in [2.24, 2.45) is 11.8 Å². The second kappa shape index (κ2) is 8.01. The number of rotatable bonds is 2. The van der Waals surface area contributed by atoms with Crippen molar-refractivity contribution in [3.05, 3.63) is 65.4 Å². The largest absolute Gasteiger partial charge is 0.409 e. The van der Waals surface area contributed by atoms with E-state index in [1.807, 2.05) is 6.92 Å². The monoisotopic (exact) mass is 454 g/mol. The number of aryl methyl sites for hydroxylation is 1. The molecule has 0 saturated carbocycles. The Kier molecular flexibility index (Phi) is 5.43. The normalized spacial score (nSPS) is 28.5. The van der Waals surface area contributed by atoms with E-state index in [0.29, 0.717) is 0 Å². The number of quaternary nitrogens is 1. The van der Waals surface area contributed by atoms with E-state index in [1.165, 1.54) is 72.8 Å². The van der Waals surface area contributed by atoms with Crippen molar-refractivity contribution in [3.8, 4) is 0 Å². The van der Waals surface area contributed by atoms with Crippen LogP contribution in [0, 0.1) is 18.8 Å². The molecule has 2 aromatic carbocycles. The maximum atomic E-state index is 10.6. The van der Waals surface area contributed by atoms with Crippen LogP contribution in [0.15, 0.2) is 53.4 Å². The van der Waals surface area contributed by atoms with Crippen LogP contribution in [0.3, 0.4) is 0 Å². The van der Waals surface area contributed by atoms with E-state index >= 15 is 0 Å². The molecule has 5 heterocycles. The lowest BCUT2D eigenvalue weighted by Crippen LogP contribution is -2.65. The number of H-pyrrole nitrogens is 1. The summed E-state index contributed by atoms with van der Waals surface area (Å²) < 4.78 is 29.3. The van der Waals surface area contributed by atoms with Gasteiger partial charge in [0.2, 0.25) is 0 Å². The number of para-hydroxylation sites is 1. The number of aromatic nitrogens is 1. The van der Waals surface area contributed by atoms with Crippen LogP contribution in [0.25, 0.3) is 10.9 Å². The minimum Gasteiger partial charge on any atom is -0.353 e. The van der Waals surface area contributed by atoms with Crippen LogP contribution in [-0.2, 0) is 16.5 Å². The average Bonchev–Trinajstić information content (AvgIpc) is 3.18. The van der Waals surface area contributed by atoms with Crippen LogP contribution >= 0.6 is 0 Å². The molecule has 0 aliphatic carbocycles. The first-order valence-electron chi connectivity index (χ1n) is 11.8. The van der Waals surface area contributed by atoms with Crippen molar-refractivity contribution >= 4 is 21.0 Å². The summed E-state index contributed by atoms with van der Waals surface area (Å²) in [6.07, 6.45) is 5.57. The van der Waals surface area contributed by atoms with Gasteiger partial charge in [-0.1, -0.05) is 42.8 Å². The molecule has 4 aliphatic heterocycles. The highest BCUT2D eigenvalue weighted by Gasteiger charge is 2.54. The highest BCUT2D eigenvalue weighted by atomic mass is 32.2. The number of benzene rings is 2. The molecule has 3 aromatic rings. The summed E-state index contributed by atoms with van der Waals surface area (Å²) in [4.78, 5) is 3.86. The molecule has 32 heavy (non-hydrogen) atoms. The average molecular weight is 455 g/mol. The van der Waals surface area contributed by atoms with Gasteiger partial charge in [0.25, 0.3) is 0 Å². The van der Waals surface area contributed by atoms with Crippen LogP contribution in [0.1, 0.15) is 49.0 Å². The Bertz CT molecular complexity index is 1230. The first kappa shape index (κ1) is 21.7. The number of nitrogens with one attached hydrogen (secondary N) is 1. The van der Waals surface area contributed by atoms with E-state index in [-0.39, 0.29) is 4.90 Å². The van der Waals surface area contributed by atoms with Gasteiger partial charge in [-0.25, -0.2) is 0 Å². The van der Waals surface area contributed by atoms with E-state index in [0.717, 1.165) is 23.4 Å². The maximum absolute atomic E-state index is 10.6. The smallest absolute Gasteiger partial charge is 0.353 e. The van der Waals surface area contributed by atoms with Crippen LogP contribution in [0.4, 0.5) is 0 Å². The Balaban J connectivity index is 0.000000168. The van der Waals surface area contributed by atoms with E-state index in [2.05, 4.69) is 36.2 Å². The molecule has 5 nitrogen and oxygen atoms in total. The minimum atomic E-state index is -3.77. The zero-order valence-electron chi connectivity index (χ0n) is 19.0. The number of nitrogens with zero attached hydrogens (tertiary/aromatic N) is 1. The van der Waals surface area contributed by atoms with Crippen LogP contribution in [-0.4, -0.2) is 42.1 Å². The summed E-state index contributed by atoms with van der Waals surface area (Å²) in [6, 6.07) is 15.9. The van der Waals surface area contributed by atoms with Gasteiger partial charge in [-0.2, -0.15) is 0 Å². The fourth-order valence-electron chi connectivity index (χ4n) is 6.51. The minimum absolute atomic E-state index is 0.0445. The molecule has 1 spiro atoms. The molecule has 3 fully saturated rings. The van der Waals surface area contributed by atoms with Crippen molar-refractivity contribution in [2.45, 2.75) is 50.5 Å². The second-order valence-electron chi connectivity index (χ2n) is 9.95. The first-order chi connectivity index (χ1) is 15.3. The molecule has 0 radical (unpaired) electrons. The van der Waals surface area contributed by atoms with Gasteiger partial charge in [-0.3, -0.25) is 0 Å². The number of hydrogen-bond donors (Lipinski definition) is 1. The number of aromatic amines is 1. The summed E-state index contributed by atoms with van der Waals surface area (Å²) in [5.74, 6) is 1.97. The SMILES string of the molecule is CCC1C[N+]23CCc4c([nH]c5ccccc45)C2CC1CC3.Cc1ccc(S(=O)(=O)[OH2+])cc1. The van der Waals surface area contributed by atoms with Gasteiger partial charge in [0, 0.05) is 36.1 Å². The zero-order valence-corrected chi connectivity index (χ0v) is 19.8. The molecule has 4 aliphatic rings. The molecular weight excluding hydrogens is 420 g/mol. The van der Waals surface area contributed by atoms with Crippen LogP contribution < -0.4 is 0 Å². The van der Waals surface area contributed by atoms with Crippen molar-refractivity contribution in [2.75, 3.05) is 19.6 Å². The van der Waals surface area contributed by atoms with Crippen molar-refractivity contribution in [3.63, 3.8) is 0 Å². The third-order valence-corrected chi connectivity index (χ3v) is 9.13. The predicted octanol–water partition coefficient (Wildman–Crippen LogP) is 4.44. The van der Waals surface area contributed by atoms with E-state index < -0.39 is 10.1 Å². The summed E-state index contributed by atoms with van der Waals surface area (Å²) in [7, 11) is -3.77. The van der Waals surface area contributed by atoms with Gasteiger partial charge in [0.15, 0.2) is 0 Å². The lowest BCUT2D eigenvalue weighted by Gasteiger charge is -2.59. The van der Waals surface area contributed by atoms with Gasteiger partial charge in [-0.05, 0) is 43.0 Å². The number of hydrogen-bond acceptors (Lipinski definition) is 2. The topological polar surface area (TPSA) is 72.8 Å². The molecular formula is C26H34N2O3S+2. The molecule has 2 bridgehead atoms. The highest BCUT2D eigenvalue weighted by molar-refractivity contribution is 7.85. The van der Waals surface area contributed by atoms with E-state index in [4.69, 9.17) is 4.55 Å². The summed E-state index contributed by atoms with van der Waals surface area (Å²) in [5.41, 5.74) is 5.58. The van der Waals surface area contributed by atoms with Gasteiger partial charge in [0.1, 0.15) is 10.9 Å². The van der Waals surface area contributed by atoms with Gasteiger partial charge < -0.3 is 14.0 Å². The van der Waals surface area contributed by atoms with Gasteiger partial charge in [0.05, 0.1) is 25.3 Å².